The smallest absolute Gasteiger partial charge is 0.330 e. The molecule has 0 heterocycles. The molecule has 0 amide bonds. The summed E-state index contributed by atoms with van der Waals surface area (Å²) in [4.78, 5) is 0. The van der Waals surface area contributed by atoms with E-state index >= 15 is 0 Å². The van der Waals surface area contributed by atoms with Crippen LogP contribution < -0.4 is 5.73 Å². The van der Waals surface area contributed by atoms with Crippen LogP contribution in [0.1, 0.15) is 19.3 Å². The lowest BCUT2D eigenvalue weighted by atomic mass is 10.2. The predicted octanol–water partition coefficient (Wildman–Crippen LogP) is 0.583. The SMILES string of the molecule is NCCCCCSOS(=O)(=O)O. The largest absolute Gasteiger partial charge is 0.408 e. The van der Waals surface area contributed by atoms with E-state index in [0.717, 1.165) is 31.3 Å². The van der Waals surface area contributed by atoms with E-state index in [1.54, 1.807) is 0 Å². The summed E-state index contributed by atoms with van der Waals surface area (Å²) >= 11 is 0.732. The molecule has 0 saturated carbocycles. The van der Waals surface area contributed by atoms with E-state index in [4.69, 9.17) is 10.3 Å². The van der Waals surface area contributed by atoms with Crippen LogP contribution in [-0.2, 0) is 14.0 Å². The molecule has 0 radical (unpaired) electrons. The lowest BCUT2D eigenvalue weighted by Crippen LogP contribution is -1.99. The summed E-state index contributed by atoms with van der Waals surface area (Å²) < 4.78 is 32.2. The van der Waals surface area contributed by atoms with Crippen LogP contribution in [0.25, 0.3) is 0 Å². The fraction of sp³-hybridized carbons (Fsp3) is 1.00. The average molecular weight is 215 g/mol. The molecule has 7 heteroatoms. The standard InChI is InChI=1S/C5H13NO4S2/c6-4-2-1-3-5-11-10-12(7,8)9/h1-6H2,(H,7,8,9). The van der Waals surface area contributed by atoms with Gasteiger partial charge in [-0.3, -0.25) is 4.55 Å². The maximum atomic E-state index is 10.0. The van der Waals surface area contributed by atoms with Gasteiger partial charge >= 0.3 is 10.4 Å². The molecule has 0 aliphatic carbocycles. The second-order valence-corrected chi connectivity index (χ2v) is 4.21. The van der Waals surface area contributed by atoms with Crippen molar-refractivity contribution in [2.45, 2.75) is 19.3 Å². The van der Waals surface area contributed by atoms with Crippen LogP contribution in [0.5, 0.6) is 0 Å². The fourth-order valence-corrected chi connectivity index (χ4v) is 1.66. The van der Waals surface area contributed by atoms with E-state index in [2.05, 4.69) is 3.63 Å². The van der Waals surface area contributed by atoms with Gasteiger partial charge in [0.2, 0.25) is 0 Å². The van der Waals surface area contributed by atoms with Crippen LogP contribution in [0.15, 0.2) is 0 Å². The van der Waals surface area contributed by atoms with Gasteiger partial charge in [0.15, 0.2) is 0 Å². The van der Waals surface area contributed by atoms with Gasteiger partial charge in [0.1, 0.15) is 0 Å². The van der Waals surface area contributed by atoms with Crippen molar-refractivity contribution in [1.29, 1.82) is 0 Å². The summed E-state index contributed by atoms with van der Waals surface area (Å²) in [5.74, 6) is 0.541. The van der Waals surface area contributed by atoms with Gasteiger partial charge in [-0.1, -0.05) is 6.42 Å². The quantitative estimate of drug-likeness (QED) is 0.367. The maximum Gasteiger partial charge on any atom is 0.408 e. The zero-order chi connectivity index (χ0) is 9.45. The third-order valence-corrected chi connectivity index (χ3v) is 2.59. The van der Waals surface area contributed by atoms with Gasteiger partial charge in [0.05, 0.1) is 0 Å². The molecule has 0 aliphatic heterocycles. The average Bonchev–Trinajstić information content (AvgIpc) is 1.94. The van der Waals surface area contributed by atoms with E-state index in [1.807, 2.05) is 0 Å². The first-order chi connectivity index (χ1) is 5.56. The van der Waals surface area contributed by atoms with Crippen LogP contribution in [0.2, 0.25) is 0 Å². The molecule has 0 atom stereocenters. The van der Waals surface area contributed by atoms with Crippen LogP contribution in [0.4, 0.5) is 0 Å². The molecule has 12 heavy (non-hydrogen) atoms. The molecule has 0 unspecified atom stereocenters. The van der Waals surface area contributed by atoms with E-state index < -0.39 is 10.4 Å². The summed E-state index contributed by atoms with van der Waals surface area (Å²) in [6.07, 6.45) is 2.70. The van der Waals surface area contributed by atoms with Crippen LogP contribution in [-0.4, -0.2) is 25.3 Å². The first kappa shape index (κ1) is 12.2. The zero-order valence-corrected chi connectivity index (χ0v) is 8.23. The lowest BCUT2D eigenvalue weighted by Gasteiger charge is -1.97. The molecule has 0 saturated heterocycles. The fourth-order valence-electron chi connectivity index (χ4n) is 0.577. The highest BCUT2D eigenvalue weighted by atomic mass is 32.3. The van der Waals surface area contributed by atoms with Crippen molar-refractivity contribution < 1.29 is 16.6 Å². The first-order valence-corrected chi connectivity index (χ1v) is 5.82. The number of rotatable bonds is 7. The summed E-state index contributed by atoms with van der Waals surface area (Å²) in [5, 5.41) is 0. The Bertz CT molecular complexity index is 192. The van der Waals surface area contributed by atoms with Crippen molar-refractivity contribution in [2.24, 2.45) is 5.73 Å². The van der Waals surface area contributed by atoms with Gasteiger partial charge < -0.3 is 5.73 Å². The normalized spacial score (nSPS) is 11.8. The van der Waals surface area contributed by atoms with Crippen LogP contribution >= 0.6 is 12.0 Å². The van der Waals surface area contributed by atoms with Gasteiger partial charge in [-0.05, 0) is 19.4 Å². The molecule has 0 bridgehead atoms. The Labute approximate surface area is 76.8 Å². The molecule has 74 valence electrons. The Kier molecular flexibility index (Phi) is 6.77. The molecule has 5 nitrogen and oxygen atoms in total. The Morgan fingerprint density at radius 2 is 2.00 bits per heavy atom. The molecule has 0 aromatic carbocycles. The maximum absolute atomic E-state index is 10.0. The molecule has 0 rings (SSSR count). The Morgan fingerprint density at radius 3 is 2.50 bits per heavy atom. The molecule has 0 aromatic rings. The topological polar surface area (TPSA) is 89.6 Å². The van der Waals surface area contributed by atoms with E-state index in [1.165, 1.54) is 0 Å². The number of hydrogen-bond donors (Lipinski definition) is 2. The van der Waals surface area contributed by atoms with E-state index in [0.29, 0.717) is 12.3 Å². The highest BCUT2D eigenvalue weighted by Crippen LogP contribution is 2.09. The Balaban J connectivity index is 3.12. The molecule has 0 spiro atoms. The summed E-state index contributed by atoms with van der Waals surface area (Å²) in [6.45, 7) is 0.643. The van der Waals surface area contributed by atoms with Crippen molar-refractivity contribution in [3.8, 4) is 0 Å². The number of nitrogens with two attached hydrogens (primary N) is 1. The third kappa shape index (κ3) is 10.2. The predicted molar refractivity (Wildman–Crippen MR) is 48.0 cm³/mol. The van der Waals surface area contributed by atoms with Crippen molar-refractivity contribution in [3.05, 3.63) is 0 Å². The monoisotopic (exact) mass is 215 g/mol. The molecule has 3 N–H and O–H groups in total. The van der Waals surface area contributed by atoms with Crippen molar-refractivity contribution >= 4 is 22.4 Å². The van der Waals surface area contributed by atoms with E-state index in [9.17, 15) is 8.42 Å². The van der Waals surface area contributed by atoms with Gasteiger partial charge in [0, 0.05) is 17.8 Å². The third-order valence-electron chi connectivity index (χ3n) is 1.07. The highest BCUT2D eigenvalue weighted by molar-refractivity contribution is 8.02. The highest BCUT2D eigenvalue weighted by Gasteiger charge is 2.03. The van der Waals surface area contributed by atoms with Crippen molar-refractivity contribution in [2.75, 3.05) is 12.3 Å². The molecule has 0 aromatic heterocycles. The van der Waals surface area contributed by atoms with E-state index in [-0.39, 0.29) is 0 Å². The first-order valence-electron chi connectivity index (χ1n) is 3.55. The van der Waals surface area contributed by atoms with Crippen molar-refractivity contribution in [3.63, 3.8) is 0 Å². The number of unbranched alkanes of at least 4 members (excludes halogenated alkanes) is 2. The second-order valence-electron chi connectivity index (χ2n) is 2.17. The van der Waals surface area contributed by atoms with Gasteiger partial charge in [0.25, 0.3) is 0 Å². The van der Waals surface area contributed by atoms with Gasteiger partial charge in [-0.15, -0.1) is 0 Å². The number of hydrogen-bond acceptors (Lipinski definition) is 5. The molecule has 0 aliphatic rings. The van der Waals surface area contributed by atoms with Gasteiger partial charge in [-0.25, -0.2) is 0 Å². The van der Waals surface area contributed by atoms with Crippen molar-refractivity contribution in [1.82, 2.24) is 0 Å². The van der Waals surface area contributed by atoms with Gasteiger partial charge in [-0.2, -0.15) is 12.0 Å². The molecular weight excluding hydrogens is 202 g/mol. The minimum Gasteiger partial charge on any atom is -0.330 e. The van der Waals surface area contributed by atoms with Crippen LogP contribution in [0.3, 0.4) is 0 Å². The summed E-state index contributed by atoms with van der Waals surface area (Å²) in [6, 6.07) is 0. The Hall–Kier alpha value is 0.180. The lowest BCUT2D eigenvalue weighted by molar-refractivity contribution is 0.407. The molecule has 0 fully saturated rings. The minimum absolute atomic E-state index is 0.541. The summed E-state index contributed by atoms with van der Waals surface area (Å²) in [7, 11) is -4.28. The second kappa shape index (κ2) is 6.67. The van der Waals surface area contributed by atoms with Crippen LogP contribution in [0, 0.1) is 0 Å². The zero-order valence-electron chi connectivity index (χ0n) is 6.60. The Morgan fingerprint density at radius 1 is 1.33 bits per heavy atom. The minimum atomic E-state index is -4.28. The summed E-state index contributed by atoms with van der Waals surface area (Å²) in [5.41, 5.74) is 5.24. The molecular formula is C5H13NO4S2.